The summed E-state index contributed by atoms with van der Waals surface area (Å²) in [6.45, 7) is 5.67. The predicted octanol–water partition coefficient (Wildman–Crippen LogP) is 4.15. The highest BCUT2D eigenvalue weighted by Gasteiger charge is 2.20. The van der Waals surface area contributed by atoms with E-state index >= 15 is 0 Å². The molecule has 1 saturated heterocycles. The number of benzene rings is 2. The van der Waals surface area contributed by atoms with Gasteiger partial charge in [0.2, 0.25) is 0 Å². The second kappa shape index (κ2) is 9.77. The van der Waals surface area contributed by atoms with Crippen molar-refractivity contribution in [1.29, 1.82) is 0 Å². The fourth-order valence-corrected chi connectivity index (χ4v) is 3.63. The molecule has 1 heterocycles. The van der Waals surface area contributed by atoms with Crippen molar-refractivity contribution < 1.29 is 4.79 Å². The maximum Gasteiger partial charge on any atom is 0.315 e. The van der Waals surface area contributed by atoms with Gasteiger partial charge in [0.05, 0.1) is 0 Å². The highest BCUT2D eigenvalue weighted by atomic mass is 35.5. The maximum absolute atomic E-state index is 12.1. The molecular formula is C22H28ClN3O. The van der Waals surface area contributed by atoms with Crippen LogP contribution in [0.15, 0.2) is 48.5 Å². The number of carbonyl (C=O) groups excluding carboxylic acids is 1. The molecule has 144 valence electrons. The first-order chi connectivity index (χ1) is 13.1. The van der Waals surface area contributed by atoms with Gasteiger partial charge in [0.1, 0.15) is 0 Å². The standard InChI is InChI=1S/C22H28ClN3O/c1-17-3-2-4-18(15-17)9-12-24-22(27)25-21-10-13-26(14-11-21)16-19-5-7-20(23)8-6-19/h2-8,15,21H,9-14,16H2,1H3,(H2,24,25,27). The van der Waals surface area contributed by atoms with E-state index in [0.29, 0.717) is 6.54 Å². The third kappa shape index (κ3) is 6.56. The van der Waals surface area contributed by atoms with E-state index in [0.717, 1.165) is 43.9 Å². The van der Waals surface area contributed by atoms with E-state index in [4.69, 9.17) is 11.6 Å². The minimum Gasteiger partial charge on any atom is -0.338 e. The van der Waals surface area contributed by atoms with Crippen LogP contribution in [0.4, 0.5) is 4.79 Å². The highest BCUT2D eigenvalue weighted by molar-refractivity contribution is 6.30. The van der Waals surface area contributed by atoms with Crippen LogP contribution in [0, 0.1) is 6.92 Å². The molecule has 1 aliphatic rings. The number of amides is 2. The van der Waals surface area contributed by atoms with Gasteiger partial charge in [-0.05, 0) is 49.4 Å². The van der Waals surface area contributed by atoms with Crippen LogP contribution in [-0.4, -0.2) is 36.6 Å². The van der Waals surface area contributed by atoms with Crippen molar-refractivity contribution in [1.82, 2.24) is 15.5 Å². The number of hydrogen-bond acceptors (Lipinski definition) is 2. The lowest BCUT2D eigenvalue weighted by molar-refractivity contribution is 0.186. The first-order valence-corrected chi connectivity index (χ1v) is 10.0. The SMILES string of the molecule is Cc1cccc(CCNC(=O)NC2CCN(Cc3ccc(Cl)cc3)CC2)c1. The smallest absolute Gasteiger partial charge is 0.315 e. The van der Waals surface area contributed by atoms with Gasteiger partial charge < -0.3 is 10.6 Å². The molecule has 0 saturated carbocycles. The average molecular weight is 386 g/mol. The Morgan fingerprint density at radius 3 is 2.56 bits per heavy atom. The van der Waals surface area contributed by atoms with Gasteiger partial charge in [0, 0.05) is 37.2 Å². The summed E-state index contributed by atoms with van der Waals surface area (Å²) < 4.78 is 0. The van der Waals surface area contributed by atoms with Crippen LogP contribution in [0.3, 0.4) is 0 Å². The highest BCUT2D eigenvalue weighted by Crippen LogP contribution is 2.16. The lowest BCUT2D eigenvalue weighted by Gasteiger charge is -2.32. The number of nitrogens with zero attached hydrogens (tertiary/aromatic N) is 1. The summed E-state index contributed by atoms with van der Waals surface area (Å²) >= 11 is 5.94. The monoisotopic (exact) mass is 385 g/mol. The van der Waals surface area contributed by atoms with Gasteiger partial charge in [0.15, 0.2) is 0 Å². The van der Waals surface area contributed by atoms with Crippen molar-refractivity contribution in [3.63, 3.8) is 0 Å². The molecule has 4 nitrogen and oxygen atoms in total. The van der Waals surface area contributed by atoms with Crippen molar-refractivity contribution in [3.05, 3.63) is 70.2 Å². The first-order valence-electron chi connectivity index (χ1n) is 9.65. The topological polar surface area (TPSA) is 44.4 Å². The minimum absolute atomic E-state index is 0.0567. The molecular weight excluding hydrogens is 358 g/mol. The zero-order chi connectivity index (χ0) is 19.1. The van der Waals surface area contributed by atoms with Crippen LogP contribution in [-0.2, 0) is 13.0 Å². The summed E-state index contributed by atoms with van der Waals surface area (Å²) in [5.74, 6) is 0. The predicted molar refractivity (Wildman–Crippen MR) is 111 cm³/mol. The Labute approximate surface area is 166 Å². The largest absolute Gasteiger partial charge is 0.338 e. The number of rotatable bonds is 6. The number of aryl methyl sites for hydroxylation is 1. The van der Waals surface area contributed by atoms with E-state index in [1.54, 1.807) is 0 Å². The molecule has 0 unspecified atom stereocenters. The number of carbonyl (C=O) groups is 1. The summed E-state index contributed by atoms with van der Waals surface area (Å²) in [6, 6.07) is 16.6. The number of urea groups is 1. The minimum atomic E-state index is -0.0567. The van der Waals surface area contributed by atoms with Crippen molar-refractivity contribution in [2.75, 3.05) is 19.6 Å². The Morgan fingerprint density at radius 2 is 1.85 bits per heavy atom. The number of nitrogens with one attached hydrogen (secondary N) is 2. The van der Waals surface area contributed by atoms with Crippen molar-refractivity contribution >= 4 is 17.6 Å². The van der Waals surface area contributed by atoms with Crippen molar-refractivity contribution in [2.45, 2.75) is 38.8 Å². The summed E-state index contributed by atoms with van der Waals surface area (Å²) in [4.78, 5) is 14.6. The molecule has 2 aromatic carbocycles. The molecule has 1 aliphatic heterocycles. The van der Waals surface area contributed by atoms with Crippen LogP contribution in [0.2, 0.25) is 5.02 Å². The summed E-state index contributed by atoms with van der Waals surface area (Å²) in [5.41, 5.74) is 3.79. The second-order valence-corrected chi connectivity index (χ2v) is 7.75. The fraction of sp³-hybridized carbons (Fsp3) is 0.409. The lowest BCUT2D eigenvalue weighted by Crippen LogP contribution is -2.48. The Hall–Kier alpha value is -2.04. The summed E-state index contributed by atoms with van der Waals surface area (Å²) in [6.07, 6.45) is 2.83. The van der Waals surface area contributed by atoms with E-state index in [1.807, 2.05) is 12.1 Å². The lowest BCUT2D eigenvalue weighted by atomic mass is 10.0. The second-order valence-electron chi connectivity index (χ2n) is 7.32. The maximum atomic E-state index is 12.1. The van der Waals surface area contributed by atoms with Gasteiger partial charge in [-0.25, -0.2) is 4.79 Å². The Balaban J connectivity index is 1.33. The van der Waals surface area contributed by atoms with Gasteiger partial charge in [0.25, 0.3) is 0 Å². The third-order valence-corrected chi connectivity index (χ3v) is 5.28. The molecule has 0 bridgehead atoms. The molecule has 0 aromatic heterocycles. The molecule has 0 spiro atoms. The Morgan fingerprint density at radius 1 is 1.11 bits per heavy atom. The number of piperidine rings is 1. The van der Waals surface area contributed by atoms with Gasteiger partial charge in [-0.15, -0.1) is 0 Å². The Bertz CT molecular complexity index is 739. The van der Waals surface area contributed by atoms with E-state index in [1.165, 1.54) is 16.7 Å². The zero-order valence-electron chi connectivity index (χ0n) is 15.9. The van der Waals surface area contributed by atoms with Crippen LogP contribution < -0.4 is 10.6 Å². The van der Waals surface area contributed by atoms with E-state index in [-0.39, 0.29) is 12.1 Å². The molecule has 0 radical (unpaired) electrons. The zero-order valence-corrected chi connectivity index (χ0v) is 16.6. The Kier molecular flexibility index (Phi) is 7.13. The van der Waals surface area contributed by atoms with Crippen LogP contribution in [0.5, 0.6) is 0 Å². The van der Waals surface area contributed by atoms with Gasteiger partial charge in [-0.1, -0.05) is 53.6 Å². The third-order valence-electron chi connectivity index (χ3n) is 5.02. The number of halogens is 1. The molecule has 2 N–H and O–H groups in total. The van der Waals surface area contributed by atoms with Gasteiger partial charge in [-0.3, -0.25) is 4.90 Å². The normalized spacial score (nSPS) is 15.5. The average Bonchev–Trinajstić information content (AvgIpc) is 2.65. The molecule has 0 aliphatic carbocycles. The number of hydrogen-bond donors (Lipinski definition) is 2. The molecule has 2 aromatic rings. The van der Waals surface area contributed by atoms with Gasteiger partial charge >= 0.3 is 6.03 Å². The van der Waals surface area contributed by atoms with Gasteiger partial charge in [-0.2, -0.15) is 0 Å². The molecule has 27 heavy (non-hydrogen) atoms. The van der Waals surface area contributed by atoms with E-state index in [9.17, 15) is 4.79 Å². The van der Waals surface area contributed by atoms with Crippen molar-refractivity contribution in [3.8, 4) is 0 Å². The molecule has 3 rings (SSSR count). The summed E-state index contributed by atoms with van der Waals surface area (Å²) in [7, 11) is 0. The summed E-state index contributed by atoms with van der Waals surface area (Å²) in [5, 5.41) is 6.87. The van der Waals surface area contributed by atoms with E-state index in [2.05, 4.69) is 58.9 Å². The number of likely N-dealkylation sites (tertiary alicyclic amines) is 1. The van der Waals surface area contributed by atoms with Crippen LogP contribution in [0.25, 0.3) is 0 Å². The quantitative estimate of drug-likeness (QED) is 0.784. The molecule has 1 fully saturated rings. The molecule has 0 atom stereocenters. The van der Waals surface area contributed by atoms with Crippen LogP contribution in [0.1, 0.15) is 29.5 Å². The van der Waals surface area contributed by atoms with Crippen LogP contribution >= 0.6 is 11.6 Å². The van der Waals surface area contributed by atoms with Crippen molar-refractivity contribution in [2.24, 2.45) is 0 Å². The molecule has 2 amide bonds. The fourth-order valence-electron chi connectivity index (χ4n) is 3.51. The first kappa shape index (κ1) is 19.7. The molecule has 5 heteroatoms. The van der Waals surface area contributed by atoms with E-state index < -0.39 is 0 Å².